The van der Waals surface area contributed by atoms with E-state index in [2.05, 4.69) is 28.9 Å². The van der Waals surface area contributed by atoms with Crippen LogP contribution in [0.3, 0.4) is 0 Å². The molecule has 33 heavy (non-hydrogen) atoms. The fourth-order valence-electron chi connectivity index (χ4n) is 4.87. The summed E-state index contributed by atoms with van der Waals surface area (Å²) in [6.07, 6.45) is 1.86. The zero-order valence-corrected chi connectivity index (χ0v) is 21.9. The van der Waals surface area contributed by atoms with Gasteiger partial charge in [-0.3, -0.25) is 4.79 Å². The van der Waals surface area contributed by atoms with Crippen LogP contribution in [0.15, 0.2) is 45.8 Å². The molecule has 2 heterocycles. The van der Waals surface area contributed by atoms with E-state index in [0.29, 0.717) is 31.7 Å². The van der Waals surface area contributed by atoms with Gasteiger partial charge in [0.2, 0.25) is 15.9 Å². The number of fused-ring (bicyclic) bond motifs is 1. The number of rotatable bonds is 5. The lowest BCUT2D eigenvalue weighted by molar-refractivity contribution is -0.123. The lowest BCUT2D eigenvalue weighted by Crippen LogP contribution is -2.46. The van der Waals surface area contributed by atoms with Crippen molar-refractivity contribution in [3.8, 4) is 5.75 Å². The molecular weight excluding hydrogens is 504 g/mol. The molecule has 0 aromatic heterocycles. The molecule has 2 aromatic rings. The highest BCUT2D eigenvalue weighted by Gasteiger charge is 2.39. The first kappa shape index (κ1) is 24.2. The van der Waals surface area contributed by atoms with Gasteiger partial charge in [0.25, 0.3) is 0 Å². The van der Waals surface area contributed by atoms with Crippen LogP contribution >= 0.6 is 15.9 Å². The van der Waals surface area contributed by atoms with Crippen LogP contribution in [0.25, 0.3) is 0 Å². The van der Waals surface area contributed by atoms with Crippen molar-refractivity contribution in [2.75, 3.05) is 25.1 Å². The molecule has 0 unspecified atom stereocenters. The van der Waals surface area contributed by atoms with Gasteiger partial charge in [-0.05, 0) is 73.6 Å². The molecule has 2 aliphatic rings. The monoisotopic (exact) mass is 534 g/mol. The van der Waals surface area contributed by atoms with Gasteiger partial charge in [0.15, 0.2) is 0 Å². The smallest absolute Gasteiger partial charge is 0.246 e. The number of sulfonamides is 1. The first-order valence-corrected chi connectivity index (χ1v) is 13.7. The minimum atomic E-state index is -3.71. The highest BCUT2D eigenvalue weighted by atomic mass is 79.9. The fraction of sp³-hybridized carbons (Fsp3) is 0.480. The molecule has 0 bridgehead atoms. The maximum Gasteiger partial charge on any atom is 0.246 e. The van der Waals surface area contributed by atoms with Crippen molar-refractivity contribution in [2.45, 2.75) is 56.9 Å². The molecule has 1 atom stereocenters. The molecule has 2 aliphatic heterocycles. The van der Waals surface area contributed by atoms with Crippen LogP contribution < -0.4 is 9.64 Å². The summed E-state index contributed by atoms with van der Waals surface area (Å²) in [7, 11) is -2.23. The number of halogens is 1. The average Bonchev–Trinajstić information content (AvgIpc) is 3.12. The van der Waals surface area contributed by atoms with Crippen LogP contribution in [0, 0.1) is 5.92 Å². The highest BCUT2D eigenvalue weighted by Crippen LogP contribution is 2.37. The first-order chi connectivity index (χ1) is 15.6. The topological polar surface area (TPSA) is 66.9 Å². The zero-order chi connectivity index (χ0) is 23.9. The second kappa shape index (κ2) is 9.39. The van der Waals surface area contributed by atoms with Crippen LogP contribution in [0.1, 0.15) is 50.7 Å². The summed E-state index contributed by atoms with van der Waals surface area (Å²) in [4.78, 5) is 15.5. The van der Waals surface area contributed by atoms with Gasteiger partial charge < -0.3 is 9.64 Å². The molecule has 0 saturated carbocycles. The molecule has 178 valence electrons. The number of anilines is 1. The van der Waals surface area contributed by atoms with E-state index in [9.17, 15) is 13.2 Å². The van der Waals surface area contributed by atoms with Crippen molar-refractivity contribution < 1.29 is 17.9 Å². The van der Waals surface area contributed by atoms with Gasteiger partial charge in [-0.25, -0.2) is 8.42 Å². The quantitative estimate of drug-likeness (QED) is 0.543. The molecule has 0 aliphatic carbocycles. The van der Waals surface area contributed by atoms with Crippen molar-refractivity contribution in [2.24, 2.45) is 5.92 Å². The standard InChI is InChI=1S/C25H31BrN2O4S/c1-16(2)19-5-8-23(32-4)24(15-19)33(30,31)27-11-9-18(10-12-27)25(29)28-17(3)13-20-14-21(26)6-7-22(20)28/h5-8,14-18H,9-13H2,1-4H3/t17-/m0/s1. The number of ether oxygens (including phenoxy) is 1. The molecule has 2 aromatic carbocycles. The Bertz CT molecular complexity index is 1160. The van der Waals surface area contributed by atoms with E-state index < -0.39 is 10.0 Å². The normalized spacial score (nSPS) is 19.7. The summed E-state index contributed by atoms with van der Waals surface area (Å²) >= 11 is 3.51. The van der Waals surface area contributed by atoms with Gasteiger partial charge >= 0.3 is 0 Å². The molecule has 6 nitrogen and oxygen atoms in total. The van der Waals surface area contributed by atoms with Crippen LogP contribution in [-0.4, -0.2) is 44.9 Å². The molecule has 8 heteroatoms. The van der Waals surface area contributed by atoms with E-state index in [1.54, 1.807) is 12.1 Å². The minimum absolute atomic E-state index is 0.0972. The zero-order valence-electron chi connectivity index (χ0n) is 19.5. The van der Waals surface area contributed by atoms with Crippen LogP contribution in [-0.2, 0) is 21.2 Å². The highest BCUT2D eigenvalue weighted by molar-refractivity contribution is 9.10. The number of nitrogens with zero attached hydrogens (tertiary/aromatic N) is 2. The third-order valence-electron chi connectivity index (χ3n) is 6.77. The van der Waals surface area contributed by atoms with Crippen molar-refractivity contribution in [3.05, 3.63) is 52.0 Å². The molecule has 1 fully saturated rings. The molecular formula is C25H31BrN2O4S. The summed E-state index contributed by atoms with van der Waals surface area (Å²) in [5.41, 5.74) is 3.09. The van der Waals surface area contributed by atoms with E-state index >= 15 is 0 Å². The summed E-state index contributed by atoms with van der Waals surface area (Å²) in [6, 6.07) is 11.5. The Labute approximate surface area is 205 Å². The predicted octanol–water partition coefficient (Wildman–Crippen LogP) is 4.96. The van der Waals surface area contributed by atoms with Crippen molar-refractivity contribution in [3.63, 3.8) is 0 Å². The molecule has 4 rings (SSSR count). The minimum Gasteiger partial charge on any atom is -0.495 e. The third-order valence-corrected chi connectivity index (χ3v) is 9.18. The Balaban J connectivity index is 1.50. The maximum atomic E-state index is 13.5. The first-order valence-electron chi connectivity index (χ1n) is 11.4. The Kier molecular flexibility index (Phi) is 6.90. The van der Waals surface area contributed by atoms with Gasteiger partial charge in [-0.1, -0.05) is 35.8 Å². The van der Waals surface area contributed by atoms with E-state index in [1.807, 2.05) is 36.9 Å². The Morgan fingerprint density at radius 3 is 2.45 bits per heavy atom. The lowest BCUT2D eigenvalue weighted by Gasteiger charge is -2.34. The second-order valence-corrected chi connectivity index (χ2v) is 12.1. The number of benzene rings is 2. The number of amides is 1. The van der Waals surface area contributed by atoms with Gasteiger partial charge in [-0.15, -0.1) is 0 Å². The number of methoxy groups -OCH3 is 1. The van der Waals surface area contributed by atoms with Gasteiger partial charge in [0.05, 0.1) is 7.11 Å². The molecule has 1 amide bonds. The van der Waals surface area contributed by atoms with E-state index in [1.165, 1.54) is 17.0 Å². The predicted molar refractivity (Wildman–Crippen MR) is 133 cm³/mol. The van der Waals surface area contributed by atoms with E-state index in [4.69, 9.17) is 4.74 Å². The second-order valence-electron chi connectivity index (χ2n) is 9.28. The van der Waals surface area contributed by atoms with Gasteiger partial charge in [-0.2, -0.15) is 4.31 Å². The van der Waals surface area contributed by atoms with Crippen LogP contribution in [0.4, 0.5) is 5.69 Å². The number of carbonyl (C=O) groups excluding carboxylic acids is 1. The number of hydrogen-bond donors (Lipinski definition) is 0. The number of carbonyl (C=O) groups is 1. The summed E-state index contributed by atoms with van der Waals surface area (Å²) in [6.45, 7) is 6.78. The third kappa shape index (κ3) is 4.57. The van der Waals surface area contributed by atoms with E-state index in [0.717, 1.165) is 22.1 Å². The van der Waals surface area contributed by atoms with E-state index in [-0.39, 0.29) is 28.7 Å². The summed E-state index contributed by atoms with van der Waals surface area (Å²) in [5.74, 6) is 0.475. The van der Waals surface area contributed by atoms with Gasteiger partial charge in [0, 0.05) is 35.2 Å². The van der Waals surface area contributed by atoms with Crippen LogP contribution in [0.5, 0.6) is 5.75 Å². The fourth-order valence-corrected chi connectivity index (χ4v) is 6.94. The molecule has 0 N–H and O–H groups in total. The summed E-state index contributed by atoms with van der Waals surface area (Å²) < 4.78 is 34.8. The lowest BCUT2D eigenvalue weighted by atomic mass is 9.96. The number of piperidine rings is 1. The molecule has 1 saturated heterocycles. The van der Waals surface area contributed by atoms with Crippen molar-refractivity contribution in [1.82, 2.24) is 4.31 Å². The Hall–Kier alpha value is -1.90. The Morgan fingerprint density at radius 2 is 1.82 bits per heavy atom. The summed E-state index contributed by atoms with van der Waals surface area (Å²) in [5, 5.41) is 0. The van der Waals surface area contributed by atoms with Crippen LogP contribution in [0.2, 0.25) is 0 Å². The van der Waals surface area contributed by atoms with Gasteiger partial charge in [0.1, 0.15) is 10.6 Å². The molecule has 0 radical (unpaired) electrons. The average molecular weight is 536 g/mol. The number of hydrogen-bond acceptors (Lipinski definition) is 4. The largest absolute Gasteiger partial charge is 0.495 e. The SMILES string of the molecule is COc1ccc(C(C)C)cc1S(=O)(=O)N1CCC(C(=O)N2c3ccc(Br)cc3C[C@@H]2C)CC1. The molecule has 0 spiro atoms. The maximum absolute atomic E-state index is 13.5. The Morgan fingerprint density at radius 1 is 1.12 bits per heavy atom. The van der Waals surface area contributed by atoms with Crippen molar-refractivity contribution in [1.29, 1.82) is 0 Å². The van der Waals surface area contributed by atoms with Crippen molar-refractivity contribution >= 4 is 37.5 Å².